The zero-order chi connectivity index (χ0) is 13.9. The van der Waals surface area contributed by atoms with Gasteiger partial charge in [0.25, 0.3) is 0 Å². The third-order valence-corrected chi connectivity index (χ3v) is 4.27. The normalized spacial score (nSPS) is 25.9. The zero-order valence-corrected chi connectivity index (χ0v) is 12.5. The summed E-state index contributed by atoms with van der Waals surface area (Å²) in [7, 11) is 0. The smallest absolute Gasteiger partial charge is 0.134 e. The second kappa shape index (κ2) is 5.95. The van der Waals surface area contributed by atoms with E-state index in [0.29, 0.717) is 12.0 Å². The maximum Gasteiger partial charge on any atom is 0.134 e. The fourth-order valence-electron chi connectivity index (χ4n) is 3.16. The SMILES string of the molecule is CC(C)CNc1cc(N2C[C@H]3CCCN[C@H]3C2)ncn1. The lowest BCUT2D eigenvalue weighted by Gasteiger charge is -2.24. The van der Waals surface area contributed by atoms with E-state index in [-0.39, 0.29) is 0 Å². The number of rotatable bonds is 4. The molecule has 1 aromatic rings. The largest absolute Gasteiger partial charge is 0.370 e. The molecule has 5 heteroatoms. The molecular formula is C15H25N5. The number of hydrogen-bond donors (Lipinski definition) is 2. The minimum Gasteiger partial charge on any atom is -0.370 e. The number of nitrogens with one attached hydrogen (secondary N) is 2. The Labute approximate surface area is 121 Å². The molecule has 0 aliphatic carbocycles. The standard InChI is InChI=1S/C15H25N5/c1-11(2)7-17-14-6-15(19-10-18-14)20-8-12-4-3-5-16-13(12)9-20/h6,10-13,16H,3-5,7-9H2,1-2H3,(H,17,18,19)/t12-,13+/m1/s1. The molecule has 5 nitrogen and oxygen atoms in total. The lowest BCUT2D eigenvalue weighted by molar-refractivity contribution is 0.340. The van der Waals surface area contributed by atoms with Crippen molar-refractivity contribution in [3.05, 3.63) is 12.4 Å². The van der Waals surface area contributed by atoms with Crippen LogP contribution in [0.1, 0.15) is 26.7 Å². The summed E-state index contributed by atoms with van der Waals surface area (Å²) in [6.45, 7) is 8.71. The second-order valence-electron chi connectivity index (χ2n) is 6.40. The highest BCUT2D eigenvalue weighted by Crippen LogP contribution is 2.28. The van der Waals surface area contributed by atoms with Gasteiger partial charge in [-0.25, -0.2) is 9.97 Å². The minimum absolute atomic E-state index is 0.618. The van der Waals surface area contributed by atoms with Crippen LogP contribution in [0.25, 0.3) is 0 Å². The summed E-state index contributed by atoms with van der Waals surface area (Å²) < 4.78 is 0. The highest BCUT2D eigenvalue weighted by Gasteiger charge is 2.34. The van der Waals surface area contributed by atoms with Gasteiger partial charge in [0.15, 0.2) is 0 Å². The lowest BCUT2D eigenvalue weighted by atomic mass is 9.94. The molecule has 0 aromatic carbocycles. The highest BCUT2D eigenvalue weighted by molar-refractivity contribution is 5.49. The molecule has 3 heterocycles. The molecule has 2 atom stereocenters. The summed E-state index contributed by atoms with van der Waals surface area (Å²) >= 11 is 0. The molecule has 2 aliphatic heterocycles. The van der Waals surface area contributed by atoms with Crippen LogP contribution in [0, 0.1) is 11.8 Å². The zero-order valence-electron chi connectivity index (χ0n) is 12.5. The molecule has 2 aliphatic rings. The van der Waals surface area contributed by atoms with Gasteiger partial charge in [-0.05, 0) is 31.2 Å². The van der Waals surface area contributed by atoms with E-state index in [9.17, 15) is 0 Å². The molecule has 0 amide bonds. The number of anilines is 2. The Hall–Kier alpha value is -1.36. The van der Waals surface area contributed by atoms with Gasteiger partial charge in [-0.2, -0.15) is 0 Å². The van der Waals surface area contributed by atoms with E-state index >= 15 is 0 Å². The monoisotopic (exact) mass is 275 g/mol. The molecular weight excluding hydrogens is 250 g/mol. The summed E-state index contributed by atoms with van der Waals surface area (Å²) in [6, 6.07) is 2.73. The van der Waals surface area contributed by atoms with Crippen molar-refractivity contribution in [2.75, 3.05) is 36.4 Å². The van der Waals surface area contributed by atoms with Crippen molar-refractivity contribution in [2.24, 2.45) is 11.8 Å². The fraction of sp³-hybridized carbons (Fsp3) is 0.733. The maximum absolute atomic E-state index is 4.45. The molecule has 2 fully saturated rings. The second-order valence-corrected chi connectivity index (χ2v) is 6.40. The van der Waals surface area contributed by atoms with E-state index in [1.807, 2.05) is 0 Å². The molecule has 0 saturated carbocycles. The topological polar surface area (TPSA) is 53.1 Å². The Balaban J connectivity index is 1.66. The van der Waals surface area contributed by atoms with E-state index in [1.165, 1.54) is 19.4 Å². The van der Waals surface area contributed by atoms with Crippen LogP contribution in [-0.2, 0) is 0 Å². The number of nitrogens with zero attached hydrogens (tertiary/aromatic N) is 3. The third kappa shape index (κ3) is 3.03. The van der Waals surface area contributed by atoms with Gasteiger partial charge in [0, 0.05) is 31.7 Å². The van der Waals surface area contributed by atoms with Crippen LogP contribution in [0.5, 0.6) is 0 Å². The van der Waals surface area contributed by atoms with Gasteiger partial charge in [0.1, 0.15) is 18.0 Å². The Kier molecular flexibility index (Phi) is 4.05. The fourth-order valence-corrected chi connectivity index (χ4v) is 3.16. The van der Waals surface area contributed by atoms with Crippen molar-refractivity contribution in [3.8, 4) is 0 Å². The summed E-state index contributed by atoms with van der Waals surface area (Å²) in [5.74, 6) is 3.40. The van der Waals surface area contributed by atoms with Crippen LogP contribution in [0.3, 0.4) is 0 Å². The van der Waals surface area contributed by atoms with Gasteiger partial charge in [0.2, 0.25) is 0 Å². The first-order chi connectivity index (χ1) is 9.72. The maximum atomic E-state index is 4.45. The molecule has 0 bridgehead atoms. The molecule has 3 rings (SSSR count). The van der Waals surface area contributed by atoms with E-state index in [1.54, 1.807) is 6.33 Å². The van der Waals surface area contributed by atoms with Crippen LogP contribution < -0.4 is 15.5 Å². The van der Waals surface area contributed by atoms with Crippen molar-refractivity contribution in [1.29, 1.82) is 0 Å². The van der Waals surface area contributed by atoms with Gasteiger partial charge in [-0.15, -0.1) is 0 Å². The van der Waals surface area contributed by atoms with E-state index in [0.717, 1.165) is 37.2 Å². The molecule has 1 aromatic heterocycles. The lowest BCUT2D eigenvalue weighted by Crippen LogP contribution is -2.40. The predicted molar refractivity (Wildman–Crippen MR) is 82.1 cm³/mol. The van der Waals surface area contributed by atoms with E-state index in [2.05, 4.69) is 45.4 Å². The Morgan fingerprint density at radius 2 is 2.30 bits per heavy atom. The summed E-state index contributed by atoms with van der Waals surface area (Å²) in [4.78, 5) is 11.2. The Morgan fingerprint density at radius 1 is 1.40 bits per heavy atom. The summed E-state index contributed by atoms with van der Waals surface area (Å²) in [5, 5.41) is 7.01. The van der Waals surface area contributed by atoms with Crippen molar-refractivity contribution < 1.29 is 0 Å². The van der Waals surface area contributed by atoms with Crippen LogP contribution in [0.15, 0.2) is 12.4 Å². The van der Waals surface area contributed by atoms with Crippen LogP contribution in [-0.4, -0.2) is 42.2 Å². The molecule has 0 radical (unpaired) electrons. The first kappa shape index (κ1) is 13.6. The summed E-state index contributed by atoms with van der Waals surface area (Å²) in [6.07, 6.45) is 4.32. The number of piperidine rings is 1. The van der Waals surface area contributed by atoms with E-state index < -0.39 is 0 Å². The molecule has 2 saturated heterocycles. The van der Waals surface area contributed by atoms with Crippen molar-refractivity contribution >= 4 is 11.6 Å². The van der Waals surface area contributed by atoms with Crippen LogP contribution in [0.4, 0.5) is 11.6 Å². The third-order valence-electron chi connectivity index (χ3n) is 4.27. The number of fused-ring (bicyclic) bond motifs is 1. The van der Waals surface area contributed by atoms with Gasteiger partial charge < -0.3 is 15.5 Å². The Bertz CT molecular complexity index is 434. The van der Waals surface area contributed by atoms with E-state index in [4.69, 9.17) is 0 Å². The first-order valence-corrected chi connectivity index (χ1v) is 7.76. The van der Waals surface area contributed by atoms with Gasteiger partial charge >= 0.3 is 0 Å². The molecule has 0 unspecified atom stereocenters. The average Bonchev–Trinajstić information content (AvgIpc) is 2.89. The highest BCUT2D eigenvalue weighted by atomic mass is 15.3. The first-order valence-electron chi connectivity index (χ1n) is 7.76. The van der Waals surface area contributed by atoms with Crippen molar-refractivity contribution in [1.82, 2.24) is 15.3 Å². The minimum atomic E-state index is 0.618. The van der Waals surface area contributed by atoms with Crippen LogP contribution in [0.2, 0.25) is 0 Å². The predicted octanol–water partition coefficient (Wildman–Crippen LogP) is 1.73. The number of aromatic nitrogens is 2. The van der Waals surface area contributed by atoms with Crippen molar-refractivity contribution in [3.63, 3.8) is 0 Å². The number of hydrogen-bond acceptors (Lipinski definition) is 5. The molecule has 110 valence electrons. The van der Waals surface area contributed by atoms with Gasteiger partial charge in [-0.1, -0.05) is 13.8 Å². The van der Waals surface area contributed by atoms with Crippen molar-refractivity contribution in [2.45, 2.75) is 32.7 Å². The molecule has 0 spiro atoms. The molecule has 2 N–H and O–H groups in total. The quantitative estimate of drug-likeness (QED) is 0.876. The molecule has 20 heavy (non-hydrogen) atoms. The van der Waals surface area contributed by atoms with Gasteiger partial charge in [0.05, 0.1) is 0 Å². The summed E-state index contributed by atoms with van der Waals surface area (Å²) in [5.41, 5.74) is 0. The Morgan fingerprint density at radius 3 is 3.10 bits per heavy atom. The van der Waals surface area contributed by atoms with Gasteiger partial charge in [-0.3, -0.25) is 0 Å². The van der Waals surface area contributed by atoms with Crippen LogP contribution >= 0.6 is 0 Å². The average molecular weight is 275 g/mol.